The lowest BCUT2D eigenvalue weighted by Gasteiger charge is -2.23. The molecule has 1 aliphatic heterocycles. The van der Waals surface area contributed by atoms with Crippen LogP contribution in [-0.4, -0.2) is 44.3 Å². The van der Waals surface area contributed by atoms with Gasteiger partial charge in [0.15, 0.2) is 5.65 Å². The van der Waals surface area contributed by atoms with Crippen molar-refractivity contribution in [3.63, 3.8) is 0 Å². The second-order valence-electron chi connectivity index (χ2n) is 7.94. The van der Waals surface area contributed by atoms with Crippen molar-refractivity contribution in [3.05, 3.63) is 61.1 Å². The summed E-state index contributed by atoms with van der Waals surface area (Å²) in [6, 6.07) is 14.5. The summed E-state index contributed by atoms with van der Waals surface area (Å²) in [6.07, 6.45) is 7.73. The van der Waals surface area contributed by atoms with Crippen LogP contribution in [0.3, 0.4) is 0 Å². The van der Waals surface area contributed by atoms with E-state index < -0.39 is 0 Å². The predicted octanol–water partition coefficient (Wildman–Crippen LogP) is 4.30. The summed E-state index contributed by atoms with van der Waals surface area (Å²) < 4.78 is 6.17. The van der Waals surface area contributed by atoms with E-state index in [1.165, 1.54) is 0 Å². The van der Waals surface area contributed by atoms with Crippen molar-refractivity contribution in [3.8, 4) is 28.3 Å². The molecule has 1 aromatic carbocycles. The first kappa shape index (κ1) is 18.1. The molecule has 7 nitrogen and oxygen atoms in total. The van der Waals surface area contributed by atoms with Gasteiger partial charge in [0.05, 0.1) is 17.6 Å². The zero-order chi connectivity index (χ0) is 20.6. The highest BCUT2D eigenvalue weighted by atomic mass is 16.5. The van der Waals surface area contributed by atoms with Crippen molar-refractivity contribution < 1.29 is 4.74 Å². The molecule has 6 rings (SSSR count). The SMILES string of the molecule is c1ccc2[nH]c(-c3[nH]nc4ncc(-c5cncc(OC6CCNCC6)c5)cc34)cc2c1. The van der Waals surface area contributed by atoms with Gasteiger partial charge in [-0.05, 0) is 50.2 Å². The minimum atomic E-state index is 0.237. The molecule has 0 radical (unpaired) electrons. The molecule has 1 saturated heterocycles. The number of fused-ring (bicyclic) bond motifs is 2. The second kappa shape index (κ2) is 7.52. The molecule has 31 heavy (non-hydrogen) atoms. The summed E-state index contributed by atoms with van der Waals surface area (Å²) in [7, 11) is 0. The van der Waals surface area contributed by atoms with E-state index in [-0.39, 0.29) is 6.10 Å². The van der Waals surface area contributed by atoms with E-state index in [4.69, 9.17) is 4.74 Å². The van der Waals surface area contributed by atoms with Crippen LogP contribution in [0.4, 0.5) is 0 Å². The number of benzene rings is 1. The first-order valence-electron chi connectivity index (χ1n) is 10.6. The average molecular weight is 410 g/mol. The van der Waals surface area contributed by atoms with Gasteiger partial charge in [-0.3, -0.25) is 10.1 Å². The number of aromatic amines is 2. The molecule has 154 valence electrons. The van der Waals surface area contributed by atoms with Crippen molar-refractivity contribution in [1.29, 1.82) is 0 Å². The van der Waals surface area contributed by atoms with Crippen LogP contribution in [0.1, 0.15) is 12.8 Å². The number of hydrogen-bond donors (Lipinski definition) is 3. The van der Waals surface area contributed by atoms with Gasteiger partial charge >= 0.3 is 0 Å². The Labute approximate surface area is 178 Å². The smallest absolute Gasteiger partial charge is 0.181 e. The van der Waals surface area contributed by atoms with Gasteiger partial charge in [0.25, 0.3) is 0 Å². The van der Waals surface area contributed by atoms with E-state index in [2.05, 4.69) is 54.7 Å². The van der Waals surface area contributed by atoms with E-state index >= 15 is 0 Å². The third-order valence-corrected chi connectivity index (χ3v) is 5.84. The molecule has 3 N–H and O–H groups in total. The Morgan fingerprint density at radius 1 is 0.935 bits per heavy atom. The third-order valence-electron chi connectivity index (χ3n) is 5.84. The standard InChI is InChI=1S/C24H22N6O/c1-2-4-21-15(3-1)11-22(28-21)23-20-10-17(13-27-24(20)30-29-23)16-9-19(14-26-12-16)31-18-5-7-25-8-6-18/h1-4,9-14,18,25,28H,5-8H2,(H,27,29,30). The Morgan fingerprint density at radius 2 is 1.81 bits per heavy atom. The summed E-state index contributed by atoms with van der Waals surface area (Å²) in [5.41, 5.74) is 5.65. The zero-order valence-electron chi connectivity index (χ0n) is 16.9. The van der Waals surface area contributed by atoms with Gasteiger partial charge in [0.1, 0.15) is 11.9 Å². The molecule has 0 aliphatic carbocycles. The maximum atomic E-state index is 6.17. The summed E-state index contributed by atoms with van der Waals surface area (Å²) in [6.45, 7) is 1.99. The van der Waals surface area contributed by atoms with Crippen LogP contribution in [-0.2, 0) is 0 Å². The molecular formula is C24H22N6O. The van der Waals surface area contributed by atoms with E-state index in [0.29, 0.717) is 5.65 Å². The minimum Gasteiger partial charge on any atom is -0.489 e. The largest absolute Gasteiger partial charge is 0.489 e. The van der Waals surface area contributed by atoms with Crippen molar-refractivity contribution in [2.24, 2.45) is 0 Å². The number of hydrogen-bond acceptors (Lipinski definition) is 5. The molecule has 0 atom stereocenters. The molecular weight excluding hydrogens is 388 g/mol. The Kier molecular flexibility index (Phi) is 4.39. The number of aromatic nitrogens is 5. The van der Waals surface area contributed by atoms with E-state index in [1.54, 1.807) is 6.20 Å². The Morgan fingerprint density at radius 3 is 2.71 bits per heavy atom. The molecule has 0 spiro atoms. The molecule has 0 unspecified atom stereocenters. The van der Waals surface area contributed by atoms with E-state index in [9.17, 15) is 0 Å². The zero-order valence-corrected chi connectivity index (χ0v) is 16.9. The average Bonchev–Trinajstić information content (AvgIpc) is 3.43. The maximum absolute atomic E-state index is 6.17. The first-order chi connectivity index (χ1) is 15.3. The number of H-pyrrole nitrogens is 2. The molecule has 0 amide bonds. The minimum absolute atomic E-state index is 0.237. The van der Waals surface area contributed by atoms with Gasteiger partial charge in [-0.2, -0.15) is 5.10 Å². The second-order valence-corrected chi connectivity index (χ2v) is 7.94. The van der Waals surface area contributed by atoms with Gasteiger partial charge in [-0.1, -0.05) is 18.2 Å². The molecule has 4 aromatic heterocycles. The number of nitrogens with one attached hydrogen (secondary N) is 3. The number of rotatable bonds is 4. The number of ether oxygens (including phenoxy) is 1. The Hall–Kier alpha value is -3.71. The number of nitrogens with zero attached hydrogens (tertiary/aromatic N) is 3. The molecule has 1 fully saturated rings. The van der Waals surface area contributed by atoms with Gasteiger partial charge < -0.3 is 15.0 Å². The van der Waals surface area contributed by atoms with Crippen LogP contribution in [0.5, 0.6) is 5.75 Å². The van der Waals surface area contributed by atoms with Crippen LogP contribution in [0.2, 0.25) is 0 Å². The van der Waals surface area contributed by atoms with E-state index in [0.717, 1.165) is 70.5 Å². The third kappa shape index (κ3) is 3.43. The summed E-state index contributed by atoms with van der Waals surface area (Å²) in [5, 5.41) is 13.0. The lowest BCUT2D eigenvalue weighted by Crippen LogP contribution is -2.34. The summed E-state index contributed by atoms with van der Waals surface area (Å²) in [5.74, 6) is 0.799. The predicted molar refractivity (Wildman–Crippen MR) is 121 cm³/mol. The highest BCUT2D eigenvalue weighted by Crippen LogP contribution is 2.31. The molecule has 5 aromatic rings. The van der Waals surface area contributed by atoms with Crippen LogP contribution in [0.25, 0.3) is 44.5 Å². The quantitative estimate of drug-likeness (QED) is 0.411. The fourth-order valence-corrected chi connectivity index (χ4v) is 4.22. The molecule has 5 heterocycles. The summed E-state index contributed by atoms with van der Waals surface area (Å²) >= 11 is 0. The van der Waals surface area contributed by atoms with Crippen LogP contribution < -0.4 is 10.1 Å². The number of para-hydroxylation sites is 1. The molecule has 0 saturated carbocycles. The van der Waals surface area contributed by atoms with Crippen molar-refractivity contribution in [1.82, 2.24) is 30.5 Å². The lowest BCUT2D eigenvalue weighted by molar-refractivity contribution is 0.162. The van der Waals surface area contributed by atoms with Gasteiger partial charge in [-0.15, -0.1) is 0 Å². The number of pyridine rings is 2. The maximum Gasteiger partial charge on any atom is 0.181 e. The van der Waals surface area contributed by atoms with Gasteiger partial charge in [0, 0.05) is 39.8 Å². The van der Waals surface area contributed by atoms with Crippen molar-refractivity contribution in [2.45, 2.75) is 18.9 Å². The molecule has 7 heteroatoms. The van der Waals surface area contributed by atoms with Crippen LogP contribution in [0, 0.1) is 0 Å². The number of piperidine rings is 1. The van der Waals surface area contributed by atoms with Gasteiger partial charge in [-0.25, -0.2) is 4.98 Å². The topological polar surface area (TPSA) is 91.5 Å². The highest BCUT2D eigenvalue weighted by molar-refractivity contribution is 5.95. The fraction of sp³-hybridized carbons (Fsp3) is 0.208. The summed E-state index contributed by atoms with van der Waals surface area (Å²) in [4.78, 5) is 12.4. The van der Waals surface area contributed by atoms with Crippen molar-refractivity contribution >= 4 is 21.9 Å². The Bertz CT molecular complexity index is 1330. The van der Waals surface area contributed by atoms with Crippen LogP contribution >= 0.6 is 0 Å². The van der Waals surface area contributed by atoms with Crippen LogP contribution in [0.15, 0.2) is 61.1 Å². The first-order valence-corrected chi connectivity index (χ1v) is 10.6. The Balaban J connectivity index is 1.36. The van der Waals surface area contributed by atoms with E-state index in [1.807, 2.05) is 30.6 Å². The fourth-order valence-electron chi connectivity index (χ4n) is 4.22. The van der Waals surface area contributed by atoms with Gasteiger partial charge in [0.2, 0.25) is 0 Å². The van der Waals surface area contributed by atoms with Crippen molar-refractivity contribution in [2.75, 3.05) is 13.1 Å². The molecule has 1 aliphatic rings. The highest BCUT2D eigenvalue weighted by Gasteiger charge is 2.16. The monoisotopic (exact) mass is 410 g/mol. The molecule has 0 bridgehead atoms. The normalized spacial score (nSPS) is 15.0. The lowest BCUT2D eigenvalue weighted by atomic mass is 10.1.